The fourth-order valence-corrected chi connectivity index (χ4v) is 4.83. The van der Waals surface area contributed by atoms with E-state index in [2.05, 4.69) is 21.2 Å². The number of ether oxygens (including phenoxy) is 2. The lowest BCUT2D eigenvalue weighted by atomic mass is 10.2. The highest BCUT2D eigenvalue weighted by Crippen LogP contribution is 2.38. The molecule has 2 aromatic rings. The van der Waals surface area contributed by atoms with Crippen LogP contribution in [0.25, 0.3) is 0 Å². The number of hydrogen-bond donors (Lipinski definition) is 1. The molecule has 0 saturated carbocycles. The Hall–Kier alpha value is -2.04. The topological polar surface area (TPSA) is 98.1 Å². The van der Waals surface area contributed by atoms with Crippen molar-refractivity contribution in [2.75, 3.05) is 31.6 Å². The molecule has 1 aromatic heterocycles. The predicted octanol–water partition coefficient (Wildman–Crippen LogP) is 2.85. The van der Waals surface area contributed by atoms with Gasteiger partial charge in [0, 0.05) is 29.7 Å². The molecule has 0 radical (unpaired) electrons. The van der Waals surface area contributed by atoms with E-state index in [-0.39, 0.29) is 10.9 Å². The third-order valence-electron chi connectivity index (χ3n) is 4.34. The van der Waals surface area contributed by atoms with Gasteiger partial charge in [0.05, 0.1) is 5.69 Å². The Balaban J connectivity index is 1.53. The Kier molecular flexibility index (Phi) is 4.87. The molecule has 0 aliphatic carbocycles. The first-order chi connectivity index (χ1) is 12.9. The molecule has 1 N–H and O–H groups in total. The smallest absolute Gasteiger partial charge is 0.291 e. The number of halogens is 1. The predicted molar refractivity (Wildman–Crippen MR) is 99.8 cm³/mol. The molecule has 3 heterocycles. The summed E-state index contributed by atoms with van der Waals surface area (Å²) in [6.45, 7) is 1.83. The van der Waals surface area contributed by atoms with E-state index in [1.807, 2.05) is 0 Å². The van der Waals surface area contributed by atoms with E-state index >= 15 is 0 Å². The zero-order valence-corrected chi connectivity index (χ0v) is 16.6. The molecular weight excluding hydrogens is 440 g/mol. The maximum atomic E-state index is 12.5. The lowest BCUT2D eigenvalue weighted by molar-refractivity contribution is 0.0991. The molecular formula is C17H17BrN2O6S. The van der Waals surface area contributed by atoms with Crippen molar-refractivity contribution in [2.45, 2.75) is 17.9 Å². The molecule has 144 valence electrons. The summed E-state index contributed by atoms with van der Waals surface area (Å²) >= 11 is 3.37. The summed E-state index contributed by atoms with van der Waals surface area (Å²) in [7, 11) is -3.70. The number of anilines is 1. The van der Waals surface area contributed by atoms with Gasteiger partial charge in [-0.1, -0.05) is 0 Å². The van der Waals surface area contributed by atoms with Crippen molar-refractivity contribution < 1.29 is 27.1 Å². The number of fused-ring (bicyclic) bond motifs is 1. The first kappa shape index (κ1) is 18.3. The van der Waals surface area contributed by atoms with Gasteiger partial charge in [-0.3, -0.25) is 4.79 Å². The standard InChI is InChI=1S/C17H17BrN2O6S/c18-11-9-14-15(25-8-7-24-14)10-12(11)19-17(21)13-3-4-16(26-13)27(22,23)20-5-1-2-6-20/h3-4,9-10H,1-2,5-8H2,(H,19,21). The molecule has 27 heavy (non-hydrogen) atoms. The maximum Gasteiger partial charge on any atom is 0.291 e. The van der Waals surface area contributed by atoms with Gasteiger partial charge in [0.15, 0.2) is 17.3 Å². The minimum Gasteiger partial charge on any atom is -0.486 e. The maximum absolute atomic E-state index is 12.5. The van der Waals surface area contributed by atoms with Crippen molar-refractivity contribution >= 4 is 37.5 Å². The van der Waals surface area contributed by atoms with Crippen molar-refractivity contribution in [2.24, 2.45) is 0 Å². The van der Waals surface area contributed by atoms with Crippen LogP contribution in [0, 0.1) is 0 Å². The number of benzene rings is 1. The first-order valence-electron chi connectivity index (χ1n) is 8.45. The second kappa shape index (κ2) is 7.17. The van der Waals surface area contributed by atoms with Crippen LogP contribution in [-0.2, 0) is 10.0 Å². The van der Waals surface area contributed by atoms with Crippen LogP contribution in [0.4, 0.5) is 5.69 Å². The summed E-state index contributed by atoms with van der Waals surface area (Å²) in [6, 6.07) is 6.00. The minimum atomic E-state index is -3.70. The van der Waals surface area contributed by atoms with E-state index in [9.17, 15) is 13.2 Å². The lowest BCUT2D eigenvalue weighted by Crippen LogP contribution is -2.27. The van der Waals surface area contributed by atoms with Gasteiger partial charge in [-0.25, -0.2) is 8.42 Å². The Morgan fingerprint density at radius 1 is 1.07 bits per heavy atom. The zero-order chi connectivity index (χ0) is 19.0. The fourth-order valence-electron chi connectivity index (χ4n) is 2.98. The van der Waals surface area contributed by atoms with Crippen molar-refractivity contribution in [3.63, 3.8) is 0 Å². The molecule has 1 amide bonds. The van der Waals surface area contributed by atoms with Gasteiger partial charge in [-0.05, 0) is 40.9 Å². The molecule has 10 heteroatoms. The molecule has 2 aliphatic heterocycles. The highest BCUT2D eigenvalue weighted by molar-refractivity contribution is 9.10. The molecule has 2 aliphatic rings. The SMILES string of the molecule is O=C(Nc1cc2c(cc1Br)OCCO2)c1ccc(S(=O)(=O)N2CCCC2)o1. The Labute approximate surface area is 164 Å². The van der Waals surface area contributed by atoms with E-state index in [1.165, 1.54) is 16.4 Å². The lowest BCUT2D eigenvalue weighted by Gasteiger charge is -2.20. The minimum absolute atomic E-state index is 0.0884. The quantitative estimate of drug-likeness (QED) is 0.759. The van der Waals surface area contributed by atoms with Gasteiger partial charge >= 0.3 is 0 Å². The summed E-state index contributed by atoms with van der Waals surface area (Å²) < 4.78 is 43.3. The van der Waals surface area contributed by atoms with Gasteiger partial charge in [-0.2, -0.15) is 4.31 Å². The molecule has 1 saturated heterocycles. The number of carbonyl (C=O) groups excluding carboxylic acids is 1. The molecule has 1 aromatic carbocycles. The summed E-state index contributed by atoms with van der Waals surface area (Å²) in [5.41, 5.74) is 0.463. The van der Waals surface area contributed by atoms with E-state index in [0.29, 0.717) is 48.0 Å². The van der Waals surface area contributed by atoms with Crippen LogP contribution in [-0.4, -0.2) is 44.9 Å². The Bertz CT molecular complexity index is 981. The molecule has 4 rings (SSSR count). The van der Waals surface area contributed by atoms with E-state index < -0.39 is 15.9 Å². The molecule has 0 bridgehead atoms. The summed E-state index contributed by atoms with van der Waals surface area (Å²) in [5.74, 6) is 0.462. The third kappa shape index (κ3) is 3.56. The molecule has 8 nitrogen and oxygen atoms in total. The van der Waals surface area contributed by atoms with Crippen LogP contribution in [0.3, 0.4) is 0 Å². The first-order valence-corrected chi connectivity index (χ1v) is 10.7. The van der Waals surface area contributed by atoms with Crippen LogP contribution in [0.2, 0.25) is 0 Å². The number of furan rings is 1. The zero-order valence-electron chi connectivity index (χ0n) is 14.2. The average molecular weight is 457 g/mol. The monoisotopic (exact) mass is 456 g/mol. The number of amides is 1. The highest BCUT2D eigenvalue weighted by atomic mass is 79.9. The van der Waals surface area contributed by atoms with E-state index in [1.54, 1.807) is 12.1 Å². The van der Waals surface area contributed by atoms with Crippen molar-refractivity contribution in [3.8, 4) is 11.5 Å². The van der Waals surface area contributed by atoms with E-state index in [4.69, 9.17) is 13.9 Å². The Morgan fingerprint density at radius 2 is 1.74 bits per heavy atom. The van der Waals surface area contributed by atoms with Gasteiger partial charge in [0.1, 0.15) is 13.2 Å². The van der Waals surface area contributed by atoms with Crippen molar-refractivity contribution in [1.82, 2.24) is 4.31 Å². The second-order valence-corrected chi connectivity index (χ2v) is 8.88. The third-order valence-corrected chi connectivity index (χ3v) is 6.77. The molecule has 0 unspecified atom stereocenters. The van der Waals surface area contributed by atoms with Gasteiger partial charge in [-0.15, -0.1) is 0 Å². The van der Waals surface area contributed by atoms with Crippen LogP contribution >= 0.6 is 15.9 Å². The second-order valence-electron chi connectivity index (χ2n) is 6.16. The van der Waals surface area contributed by atoms with Crippen molar-refractivity contribution in [1.29, 1.82) is 0 Å². The highest BCUT2D eigenvalue weighted by Gasteiger charge is 2.30. The Morgan fingerprint density at radius 3 is 2.44 bits per heavy atom. The number of sulfonamides is 1. The average Bonchev–Trinajstić information content (AvgIpc) is 3.35. The summed E-state index contributed by atoms with van der Waals surface area (Å²) in [6.07, 6.45) is 1.65. The number of nitrogens with one attached hydrogen (secondary N) is 1. The van der Waals surface area contributed by atoms with Gasteiger partial charge in [0.2, 0.25) is 5.09 Å². The number of nitrogens with zero attached hydrogens (tertiary/aromatic N) is 1. The number of hydrogen-bond acceptors (Lipinski definition) is 6. The number of rotatable bonds is 4. The summed E-state index contributed by atoms with van der Waals surface area (Å²) in [4.78, 5) is 12.5. The largest absolute Gasteiger partial charge is 0.486 e. The molecule has 0 atom stereocenters. The normalized spacial score (nSPS) is 17.1. The van der Waals surface area contributed by atoms with Crippen LogP contribution < -0.4 is 14.8 Å². The molecule has 1 fully saturated rings. The van der Waals surface area contributed by atoms with Crippen molar-refractivity contribution in [3.05, 3.63) is 34.5 Å². The van der Waals surface area contributed by atoms with Gasteiger partial charge in [0.25, 0.3) is 15.9 Å². The fraction of sp³-hybridized carbons (Fsp3) is 0.353. The van der Waals surface area contributed by atoms with E-state index in [0.717, 1.165) is 12.8 Å². The van der Waals surface area contributed by atoms with Crippen LogP contribution in [0.5, 0.6) is 11.5 Å². The van der Waals surface area contributed by atoms with Crippen LogP contribution in [0.1, 0.15) is 23.4 Å². The van der Waals surface area contributed by atoms with Crippen LogP contribution in [0.15, 0.2) is 38.2 Å². The molecule has 0 spiro atoms. The van der Waals surface area contributed by atoms with Gasteiger partial charge < -0.3 is 19.2 Å². The summed E-state index contributed by atoms with van der Waals surface area (Å²) in [5, 5.41) is 2.46. The number of carbonyl (C=O) groups is 1.